The summed E-state index contributed by atoms with van der Waals surface area (Å²) in [7, 11) is 5.34. The number of phenolic OH excluding ortho intramolecular Hbond substituents is 1. The molecular formula is C14H22BF3O4. The first-order valence-electron chi connectivity index (χ1n) is 6.60. The van der Waals surface area contributed by atoms with Crippen LogP contribution in [0.2, 0.25) is 6.32 Å². The number of hydrogen-bond acceptors (Lipinski definition) is 4. The largest absolute Gasteiger partial charge is 0.508 e. The Labute approximate surface area is 130 Å². The Bertz CT molecular complexity index is 364. The number of esters is 1. The molecule has 1 unspecified atom stereocenters. The number of phenols is 1. The lowest BCUT2D eigenvalue weighted by Crippen LogP contribution is -2.19. The van der Waals surface area contributed by atoms with Crippen LogP contribution in [0, 0.1) is 0 Å². The second-order valence-corrected chi connectivity index (χ2v) is 3.38. The summed E-state index contributed by atoms with van der Waals surface area (Å²) in [6.45, 7) is 6.29. The van der Waals surface area contributed by atoms with E-state index in [1.165, 1.54) is 12.1 Å². The van der Waals surface area contributed by atoms with E-state index < -0.39 is 12.1 Å². The molecule has 0 aliphatic rings. The van der Waals surface area contributed by atoms with Gasteiger partial charge in [0.1, 0.15) is 5.75 Å². The Kier molecular flexibility index (Phi) is 19.9. The van der Waals surface area contributed by atoms with E-state index in [0.29, 0.717) is 18.5 Å². The molecule has 1 atom stereocenters. The molecule has 0 aromatic heterocycles. The smallest absolute Gasteiger partial charge is 0.339 e. The highest BCUT2D eigenvalue weighted by atomic mass is 20.0. The van der Waals surface area contributed by atoms with Gasteiger partial charge in [0.25, 0.3) is 0 Å². The molecule has 8 heteroatoms. The van der Waals surface area contributed by atoms with E-state index in [4.69, 9.17) is 26.5 Å². The highest BCUT2D eigenvalue weighted by molar-refractivity contribution is 6.08. The van der Waals surface area contributed by atoms with Gasteiger partial charge in [-0.3, -0.25) is 4.70 Å². The maximum absolute atomic E-state index is 11.7. The first-order chi connectivity index (χ1) is 10.2. The van der Waals surface area contributed by atoms with E-state index in [-0.39, 0.29) is 17.1 Å². The van der Waals surface area contributed by atoms with Crippen molar-refractivity contribution in [1.29, 1.82) is 0 Å². The second-order valence-electron chi connectivity index (χ2n) is 3.38. The molecule has 0 saturated heterocycles. The van der Waals surface area contributed by atoms with Crippen LogP contribution in [0.1, 0.15) is 32.4 Å². The predicted molar refractivity (Wildman–Crippen MR) is 80.1 cm³/mol. The SMILES string of the molecule is CC.F.FF.[B]CCOC(C(=O)OCC)c1ccc(O)cc1. The lowest BCUT2D eigenvalue weighted by Gasteiger charge is -2.16. The predicted octanol–water partition coefficient (Wildman–Crippen LogP) is 3.62. The number of hydrogen-bond donors (Lipinski definition) is 1. The Hall–Kier alpha value is -1.70. The van der Waals surface area contributed by atoms with E-state index in [1.807, 2.05) is 13.8 Å². The van der Waals surface area contributed by atoms with Crippen LogP contribution in [0.25, 0.3) is 0 Å². The van der Waals surface area contributed by atoms with Gasteiger partial charge in [0, 0.05) is 15.8 Å². The standard InChI is InChI=1S/C12H15BO4.C2H6.F2.FH/c1-2-16-12(15)11(17-8-7-13)9-3-5-10(14)6-4-9;2*1-2;/h3-6,11,14H,2,7-8H2,1H3;1-2H3;;1H. The third-order valence-corrected chi connectivity index (χ3v) is 2.10. The molecule has 0 bridgehead atoms. The summed E-state index contributed by atoms with van der Waals surface area (Å²) >= 11 is 0. The molecule has 1 aromatic carbocycles. The van der Waals surface area contributed by atoms with Crippen molar-refractivity contribution >= 4 is 13.8 Å². The number of aromatic hydroxyl groups is 1. The average Bonchev–Trinajstić information content (AvgIpc) is 2.53. The van der Waals surface area contributed by atoms with Gasteiger partial charge in [-0.15, -0.1) is 0 Å². The Morgan fingerprint density at radius 2 is 1.77 bits per heavy atom. The van der Waals surface area contributed by atoms with Crippen molar-refractivity contribution in [1.82, 2.24) is 0 Å². The summed E-state index contributed by atoms with van der Waals surface area (Å²) in [5.74, 6) is -0.318. The van der Waals surface area contributed by atoms with E-state index in [1.54, 1.807) is 19.1 Å². The van der Waals surface area contributed by atoms with E-state index >= 15 is 0 Å². The van der Waals surface area contributed by atoms with Crippen LogP contribution in [0.3, 0.4) is 0 Å². The normalized spacial score (nSPS) is 9.86. The summed E-state index contributed by atoms with van der Waals surface area (Å²) < 4.78 is 26.3. The molecule has 0 saturated carbocycles. The number of benzene rings is 1. The van der Waals surface area contributed by atoms with Gasteiger partial charge < -0.3 is 14.6 Å². The average molecular weight is 322 g/mol. The highest BCUT2D eigenvalue weighted by Crippen LogP contribution is 2.21. The van der Waals surface area contributed by atoms with Crippen LogP contribution in [0.4, 0.5) is 13.9 Å². The van der Waals surface area contributed by atoms with Crippen LogP contribution in [-0.4, -0.2) is 32.1 Å². The number of carbonyl (C=O) groups excluding carboxylic acids is 1. The molecule has 0 heterocycles. The maximum atomic E-state index is 11.7. The van der Waals surface area contributed by atoms with Gasteiger partial charge in [-0.25, -0.2) is 4.79 Å². The molecule has 126 valence electrons. The van der Waals surface area contributed by atoms with Gasteiger partial charge in [-0.1, -0.05) is 32.3 Å². The minimum atomic E-state index is -0.793. The molecule has 1 N–H and O–H groups in total. The zero-order chi connectivity index (χ0) is 16.7. The number of rotatable bonds is 6. The van der Waals surface area contributed by atoms with Crippen molar-refractivity contribution in [3.8, 4) is 5.75 Å². The lowest BCUT2D eigenvalue weighted by molar-refractivity contribution is -0.157. The zero-order valence-electron chi connectivity index (χ0n) is 12.9. The molecule has 0 amide bonds. The van der Waals surface area contributed by atoms with Gasteiger partial charge in [0.05, 0.1) is 14.5 Å². The van der Waals surface area contributed by atoms with Crippen molar-refractivity contribution in [2.75, 3.05) is 13.2 Å². The minimum Gasteiger partial charge on any atom is -0.508 e. The molecular weight excluding hydrogens is 300 g/mol. The molecule has 0 spiro atoms. The zero-order valence-corrected chi connectivity index (χ0v) is 12.9. The lowest BCUT2D eigenvalue weighted by atomic mass is 10.1. The van der Waals surface area contributed by atoms with Crippen molar-refractivity contribution in [3.05, 3.63) is 29.8 Å². The fourth-order valence-electron chi connectivity index (χ4n) is 1.35. The van der Waals surface area contributed by atoms with Crippen LogP contribution in [-0.2, 0) is 14.3 Å². The number of carbonyl (C=O) groups is 1. The quantitative estimate of drug-likeness (QED) is 0.642. The number of halogens is 3. The first kappa shape index (κ1) is 25.3. The first-order valence-corrected chi connectivity index (χ1v) is 6.60. The summed E-state index contributed by atoms with van der Waals surface area (Å²) in [5, 5.41) is 9.18. The van der Waals surface area contributed by atoms with E-state index in [2.05, 4.69) is 0 Å². The molecule has 4 nitrogen and oxygen atoms in total. The fourth-order valence-corrected chi connectivity index (χ4v) is 1.35. The third-order valence-electron chi connectivity index (χ3n) is 2.10. The minimum absolute atomic E-state index is 0. The van der Waals surface area contributed by atoms with Crippen molar-refractivity contribution in [2.24, 2.45) is 0 Å². The second kappa shape index (κ2) is 17.4. The Morgan fingerprint density at radius 1 is 1.27 bits per heavy atom. The summed E-state index contributed by atoms with van der Waals surface area (Å²) in [6.07, 6.45) is -0.465. The monoisotopic (exact) mass is 322 g/mol. The van der Waals surface area contributed by atoms with Gasteiger partial charge >= 0.3 is 5.97 Å². The van der Waals surface area contributed by atoms with Crippen molar-refractivity contribution < 1.29 is 33.2 Å². The van der Waals surface area contributed by atoms with Gasteiger partial charge in [-0.2, -0.15) is 0 Å². The molecule has 0 aliphatic carbocycles. The third kappa shape index (κ3) is 10.1. The van der Waals surface area contributed by atoms with Crippen LogP contribution in [0.15, 0.2) is 24.3 Å². The summed E-state index contributed by atoms with van der Waals surface area (Å²) in [4.78, 5) is 11.7. The van der Waals surface area contributed by atoms with E-state index in [9.17, 15) is 9.90 Å². The van der Waals surface area contributed by atoms with Crippen LogP contribution < -0.4 is 0 Å². The molecule has 1 aromatic rings. The summed E-state index contributed by atoms with van der Waals surface area (Å²) in [6, 6.07) is 6.22. The molecule has 1 rings (SSSR count). The molecule has 0 fully saturated rings. The summed E-state index contributed by atoms with van der Waals surface area (Å²) in [5.41, 5.74) is 0.634. The number of ether oxygens (including phenoxy) is 2. The van der Waals surface area contributed by atoms with Crippen LogP contribution in [0.5, 0.6) is 5.75 Å². The molecule has 22 heavy (non-hydrogen) atoms. The molecule has 0 aliphatic heterocycles. The van der Waals surface area contributed by atoms with Crippen molar-refractivity contribution in [2.45, 2.75) is 33.2 Å². The van der Waals surface area contributed by atoms with Gasteiger partial charge in [0.15, 0.2) is 6.10 Å². The Morgan fingerprint density at radius 3 is 2.18 bits per heavy atom. The molecule has 2 radical (unpaired) electrons. The van der Waals surface area contributed by atoms with Crippen molar-refractivity contribution in [3.63, 3.8) is 0 Å². The Balaban J connectivity index is -0.000000665. The van der Waals surface area contributed by atoms with Gasteiger partial charge in [-0.05, 0) is 24.6 Å². The maximum Gasteiger partial charge on any atom is 0.339 e. The van der Waals surface area contributed by atoms with Gasteiger partial charge in [0.2, 0.25) is 0 Å². The fraction of sp³-hybridized carbons (Fsp3) is 0.500. The highest BCUT2D eigenvalue weighted by Gasteiger charge is 2.22. The van der Waals surface area contributed by atoms with E-state index in [0.717, 1.165) is 0 Å². The topological polar surface area (TPSA) is 55.8 Å². The van der Waals surface area contributed by atoms with Crippen LogP contribution >= 0.6 is 0 Å².